The SMILES string of the molecule is CCC(C)c1cc(C23CC4CC(CC(C4)C2)C3)ccc1O. The second-order valence-corrected chi connectivity index (χ2v) is 8.28. The molecule has 0 amide bonds. The number of aromatic hydroxyl groups is 1. The predicted octanol–water partition coefficient (Wildman–Crippen LogP) is 5.37. The maximum atomic E-state index is 10.2. The van der Waals surface area contributed by atoms with Gasteiger partial charge in [0.05, 0.1) is 0 Å². The largest absolute Gasteiger partial charge is 0.508 e. The Bertz CT molecular complexity index is 509. The minimum Gasteiger partial charge on any atom is -0.508 e. The van der Waals surface area contributed by atoms with Crippen molar-refractivity contribution in [2.75, 3.05) is 0 Å². The molecule has 21 heavy (non-hydrogen) atoms. The summed E-state index contributed by atoms with van der Waals surface area (Å²) in [6.07, 6.45) is 9.80. The molecule has 0 aliphatic heterocycles. The summed E-state index contributed by atoms with van der Waals surface area (Å²) >= 11 is 0. The van der Waals surface area contributed by atoms with Crippen molar-refractivity contribution in [3.63, 3.8) is 0 Å². The zero-order valence-corrected chi connectivity index (χ0v) is 13.4. The van der Waals surface area contributed by atoms with Crippen LogP contribution in [0.2, 0.25) is 0 Å². The predicted molar refractivity (Wildman–Crippen MR) is 86.7 cm³/mol. The van der Waals surface area contributed by atoms with Crippen molar-refractivity contribution >= 4 is 0 Å². The number of phenols is 1. The van der Waals surface area contributed by atoms with E-state index in [0.717, 1.165) is 24.2 Å². The molecule has 4 saturated carbocycles. The van der Waals surface area contributed by atoms with Crippen LogP contribution in [0.1, 0.15) is 75.8 Å². The molecule has 4 aliphatic rings. The normalized spacial score (nSPS) is 38.7. The lowest BCUT2D eigenvalue weighted by atomic mass is 9.48. The minimum atomic E-state index is 0.449. The average molecular weight is 284 g/mol. The molecule has 1 atom stereocenters. The monoisotopic (exact) mass is 284 g/mol. The highest BCUT2D eigenvalue weighted by Crippen LogP contribution is 2.61. The van der Waals surface area contributed by atoms with Crippen LogP contribution in [-0.4, -0.2) is 5.11 Å². The van der Waals surface area contributed by atoms with Gasteiger partial charge in [-0.05, 0) is 91.2 Å². The van der Waals surface area contributed by atoms with Crippen molar-refractivity contribution in [3.8, 4) is 5.75 Å². The van der Waals surface area contributed by atoms with Crippen LogP contribution in [0.3, 0.4) is 0 Å². The van der Waals surface area contributed by atoms with E-state index in [1.807, 2.05) is 6.07 Å². The van der Waals surface area contributed by atoms with E-state index < -0.39 is 0 Å². The lowest BCUT2D eigenvalue weighted by molar-refractivity contribution is -0.00524. The molecule has 1 nitrogen and oxygen atoms in total. The van der Waals surface area contributed by atoms with Gasteiger partial charge in [-0.1, -0.05) is 26.0 Å². The summed E-state index contributed by atoms with van der Waals surface area (Å²) in [5, 5.41) is 10.2. The zero-order valence-electron chi connectivity index (χ0n) is 13.4. The van der Waals surface area contributed by atoms with Gasteiger partial charge >= 0.3 is 0 Å². The van der Waals surface area contributed by atoms with Crippen LogP contribution in [0.5, 0.6) is 5.75 Å². The first-order valence-corrected chi connectivity index (χ1v) is 8.93. The van der Waals surface area contributed by atoms with E-state index in [1.165, 1.54) is 49.7 Å². The molecule has 1 heteroatoms. The number of hydrogen-bond donors (Lipinski definition) is 1. The van der Waals surface area contributed by atoms with E-state index >= 15 is 0 Å². The van der Waals surface area contributed by atoms with E-state index in [-0.39, 0.29) is 0 Å². The van der Waals surface area contributed by atoms with Crippen molar-refractivity contribution in [3.05, 3.63) is 29.3 Å². The molecule has 1 aromatic carbocycles. The first-order chi connectivity index (χ1) is 10.1. The van der Waals surface area contributed by atoms with E-state index in [2.05, 4.69) is 26.0 Å². The van der Waals surface area contributed by atoms with Gasteiger partial charge in [0.2, 0.25) is 0 Å². The van der Waals surface area contributed by atoms with E-state index in [0.29, 0.717) is 17.1 Å². The average Bonchev–Trinajstić information content (AvgIpc) is 2.45. The van der Waals surface area contributed by atoms with Crippen molar-refractivity contribution < 1.29 is 5.11 Å². The lowest BCUT2D eigenvalue weighted by Gasteiger charge is -2.57. The number of benzene rings is 1. The van der Waals surface area contributed by atoms with Crippen LogP contribution in [0.25, 0.3) is 0 Å². The Labute approximate surface area is 128 Å². The molecular weight excluding hydrogens is 256 g/mol. The van der Waals surface area contributed by atoms with Crippen molar-refractivity contribution in [1.29, 1.82) is 0 Å². The van der Waals surface area contributed by atoms with Gasteiger partial charge < -0.3 is 5.11 Å². The Morgan fingerprint density at radius 1 is 1.10 bits per heavy atom. The van der Waals surface area contributed by atoms with Gasteiger partial charge in [-0.15, -0.1) is 0 Å². The first-order valence-electron chi connectivity index (χ1n) is 8.93. The second kappa shape index (κ2) is 4.76. The molecule has 4 bridgehead atoms. The molecule has 0 radical (unpaired) electrons. The van der Waals surface area contributed by atoms with Crippen molar-refractivity contribution in [2.24, 2.45) is 17.8 Å². The quantitative estimate of drug-likeness (QED) is 0.790. The third kappa shape index (κ3) is 2.12. The fourth-order valence-corrected chi connectivity index (χ4v) is 5.96. The number of rotatable bonds is 3. The Morgan fingerprint density at radius 2 is 1.67 bits per heavy atom. The zero-order chi connectivity index (χ0) is 14.6. The van der Waals surface area contributed by atoms with Crippen LogP contribution in [0, 0.1) is 17.8 Å². The minimum absolute atomic E-state index is 0.449. The smallest absolute Gasteiger partial charge is 0.119 e. The molecule has 5 rings (SSSR count). The van der Waals surface area contributed by atoms with Crippen LogP contribution in [0.4, 0.5) is 0 Å². The highest BCUT2D eigenvalue weighted by Gasteiger charge is 2.51. The van der Waals surface area contributed by atoms with Crippen molar-refractivity contribution in [2.45, 2.75) is 70.1 Å². The van der Waals surface area contributed by atoms with Crippen LogP contribution in [0.15, 0.2) is 18.2 Å². The fraction of sp³-hybridized carbons (Fsp3) is 0.700. The first kappa shape index (κ1) is 13.7. The van der Waals surface area contributed by atoms with E-state index in [1.54, 1.807) is 0 Å². The molecule has 1 N–H and O–H groups in total. The molecule has 0 heterocycles. The molecule has 0 aromatic heterocycles. The summed E-state index contributed by atoms with van der Waals surface area (Å²) in [6, 6.07) is 6.56. The maximum Gasteiger partial charge on any atom is 0.119 e. The third-order valence-electron chi connectivity index (χ3n) is 6.82. The Hall–Kier alpha value is -0.980. The van der Waals surface area contributed by atoms with Gasteiger partial charge in [-0.3, -0.25) is 0 Å². The third-order valence-corrected chi connectivity index (χ3v) is 6.82. The van der Waals surface area contributed by atoms with E-state index in [4.69, 9.17) is 0 Å². The Morgan fingerprint density at radius 3 is 2.19 bits per heavy atom. The molecule has 4 aliphatic carbocycles. The summed E-state index contributed by atoms with van der Waals surface area (Å²) in [6.45, 7) is 4.44. The topological polar surface area (TPSA) is 20.2 Å². The summed E-state index contributed by atoms with van der Waals surface area (Å²) in [7, 11) is 0. The van der Waals surface area contributed by atoms with Crippen molar-refractivity contribution in [1.82, 2.24) is 0 Å². The Kier molecular flexibility index (Phi) is 3.10. The van der Waals surface area contributed by atoms with Gasteiger partial charge in [0.25, 0.3) is 0 Å². The van der Waals surface area contributed by atoms with Crippen LogP contribution < -0.4 is 0 Å². The van der Waals surface area contributed by atoms with Gasteiger partial charge in [0, 0.05) is 0 Å². The number of phenolic OH excluding ortho intramolecular Hbond substituents is 1. The summed E-state index contributed by atoms with van der Waals surface area (Å²) in [4.78, 5) is 0. The highest BCUT2D eigenvalue weighted by atomic mass is 16.3. The maximum absolute atomic E-state index is 10.2. The number of hydrogen-bond acceptors (Lipinski definition) is 1. The standard InChI is InChI=1S/C20H28O/c1-3-13(2)18-9-17(4-5-19(18)21)20-10-14-6-15(11-20)8-16(7-14)12-20/h4-5,9,13-16,21H,3,6-8,10-12H2,1-2H3. The molecule has 1 unspecified atom stereocenters. The molecule has 0 saturated heterocycles. The van der Waals surface area contributed by atoms with E-state index in [9.17, 15) is 5.11 Å². The summed E-state index contributed by atoms with van der Waals surface area (Å²) in [5.41, 5.74) is 3.16. The molecule has 1 aromatic rings. The highest BCUT2D eigenvalue weighted by molar-refractivity contribution is 5.42. The summed E-state index contributed by atoms with van der Waals surface area (Å²) in [5.74, 6) is 3.91. The fourth-order valence-electron chi connectivity index (χ4n) is 5.96. The molecular formula is C20H28O. The molecule has 0 spiro atoms. The molecule has 4 fully saturated rings. The lowest BCUT2D eigenvalue weighted by Crippen LogP contribution is -2.48. The van der Waals surface area contributed by atoms with Crippen LogP contribution in [-0.2, 0) is 5.41 Å². The van der Waals surface area contributed by atoms with Gasteiger partial charge in [0.1, 0.15) is 5.75 Å². The van der Waals surface area contributed by atoms with Crippen LogP contribution >= 0.6 is 0 Å². The van der Waals surface area contributed by atoms with Gasteiger partial charge in [-0.2, -0.15) is 0 Å². The van der Waals surface area contributed by atoms with Gasteiger partial charge in [-0.25, -0.2) is 0 Å². The Balaban J connectivity index is 1.73. The van der Waals surface area contributed by atoms with Gasteiger partial charge in [0.15, 0.2) is 0 Å². The summed E-state index contributed by atoms with van der Waals surface area (Å²) < 4.78 is 0. The molecule has 114 valence electrons. The second-order valence-electron chi connectivity index (χ2n) is 8.28.